The van der Waals surface area contributed by atoms with Gasteiger partial charge in [-0.1, -0.05) is 180 Å². The highest BCUT2D eigenvalue weighted by Crippen LogP contribution is 2.41. The summed E-state index contributed by atoms with van der Waals surface area (Å²) in [6.07, 6.45) is 11.1. The molecule has 2 N–H and O–H groups in total. The molecule has 0 atom stereocenters. The predicted molar refractivity (Wildman–Crippen MR) is 294 cm³/mol. The van der Waals surface area contributed by atoms with Crippen molar-refractivity contribution in [3.05, 3.63) is 184 Å². The lowest BCUT2D eigenvalue weighted by molar-refractivity contribution is 0.568. The fourth-order valence-corrected chi connectivity index (χ4v) is 9.57. The zero-order valence-corrected chi connectivity index (χ0v) is 41.9. The third-order valence-electron chi connectivity index (χ3n) is 13.7. The topological polar surface area (TPSA) is 57.4 Å². The van der Waals surface area contributed by atoms with E-state index in [1.54, 1.807) is 0 Å². The molecule has 0 saturated heterocycles. The summed E-state index contributed by atoms with van der Waals surface area (Å²) < 4.78 is 0. The highest BCUT2D eigenvalue weighted by molar-refractivity contribution is 6.08. The summed E-state index contributed by atoms with van der Waals surface area (Å²) in [7, 11) is 0. The van der Waals surface area contributed by atoms with Crippen LogP contribution in [0.2, 0.25) is 0 Å². The summed E-state index contributed by atoms with van der Waals surface area (Å²) in [4.78, 5) is 18.8. The number of fused-ring (bicyclic) bond motifs is 10. The van der Waals surface area contributed by atoms with Crippen molar-refractivity contribution in [1.82, 2.24) is 19.9 Å². The highest BCUT2D eigenvalue weighted by atomic mass is 14.8. The van der Waals surface area contributed by atoms with Crippen LogP contribution in [-0.4, -0.2) is 19.9 Å². The van der Waals surface area contributed by atoms with Gasteiger partial charge in [-0.25, -0.2) is 9.97 Å². The molecule has 2 aliphatic rings. The van der Waals surface area contributed by atoms with Crippen molar-refractivity contribution in [3.63, 3.8) is 0 Å². The third kappa shape index (κ3) is 8.69. The fourth-order valence-electron chi connectivity index (χ4n) is 9.57. The summed E-state index contributed by atoms with van der Waals surface area (Å²) in [6, 6.07) is 47.1. The Kier molecular flexibility index (Phi) is 10.8. The van der Waals surface area contributed by atoms with Gasteiger partial charge in [-0.3, -0.25) is 0 Å². The minimum Gasteiger partial charge on any atom is -0.355 e. The van der Waals surface area contributed by atoms with Crippen LogP contribution in [0.5, 0.6) is 0 Å². The predicted octanol–water partition coefficient (Wildman–Crippen LogP) is 17.6. The van der Waals surface area contributed by atoms with E-state index in [1.165, 1.54) is 49.4 Å². The van der Waals surface area contributed by atoms with E-state index in [-0.39, 0.29) is 21.7 Å². The summed E-state index contributed by atoms with van der Waals surface area (Å²) in [5.41, 5.74) is 19.2. The van der Waals surface area contributed by atoms with Gasteiger partial charge in [-0.15, -0.1) is 0 Å². The summed E-state index contributed by atoms with van der Waals surface area (Å²) in [5, 5.41) is 4.88. The van der Waals surface area contributed by atoms with Gasteiger partial charge >= 0.3 is 0 Å². The molecule has 68 heavy (non-hydrogen) atoms. The molecule has 8 aromatic rings. The lowest BCUT2D eigenvalue weighted by Gasteiger charge is -2.26. The molecule has 0 radical (unpaired) electrons. The summed E-state index contributed by atoms with van der Waals surface area (Å²) in [5.74, 6) is 0. The molecule has 3 aromatic heterocycles. The lowest BCUT2D eigenvalue weighted by Crippen LogP contribution is -2.16. The van der Waals surface area contributed by atoms with E-state index in [9.17, 15) is 0 Å². The van der Waals surface area contributed by atoms with Crippen LogP contribution in [0.15, 0.2) is 133 Å². The Morgan fingerprint density at radius 1 is 0.426 bits per heavy atom. The van der Waals surface area contributed by atoms with Gasteiger partial charge in [-0.2, -0.15) is 0 Å². The van der Waals surface area contributed by atoms with E-state index in [1.807, 2.05) is 0 Å². The number of rotatable bonds is 4. The first kappa shape index (κ1) is 44.8. The second kappa shape index (κ2) is 16.3. The van der Waals surface area contributed by atoms with E-state index in [4.69, 9.17) is 9.97 Å². The van der Waals surface area contributed by atoms with E-state index in [2.05, 4.69) is 251 Å². The number of benzene rings is 5. The van der Waals surface area contributed by atoms with Crippen LogP contribution in [0, 0.1) is 0 Å². The lowest BCUT2D eigenvalue weighted by atomic mass is 9.78. The molecular formula is C64H64N4. The molecule has 8 bridgehead atoms. The number of aromatic amines is 2. The van der Waals surface area contributed by atoms with Crippen LogP contribution in [0.3, 0.4) is 0 Å². The van der Waals surface area contributed by atoms with Crippen molar-refractivity contribution >= 4 is 73.5 Å². The third-order valence-corrected chi connectivity index (χ3v) is 13.7. The minimum absolute atomic E-state index is 0.0467. The van der Waals surface area contributed by atoms with Gasteiger partial charge in [0.15, 0.2) is 0 Å². The van der Waals surface area contributed by atoms with Gasteiger partial charge in [0.2, 0.25) is 0 Å². The maximum atomic E-state index is 5.62. The van der Waals surface area contributed by atoms with Crippen molar-refractivity contribution in [2.45, 2.75) is 105 Å². The van der Waals surface area contributed by atoms with E-state index in [0.717, 1.165) is 72.7 Å². The maximum absolute atomic E-state index is 5.62. The number of hydrogen-bond donors (Lipinski definition) is 2. The van der Waals surface area contributed by atoms with Gasteiger partial charge in [0.1, 0.15) is 0 Å². The Labute approximate surface area is 402 Å². The Morgan fingerprint density at radius 3 is 1.38 bits per heavy atom. The average molecular weight is 889 g/mol. The Hall–Kier alpha value is -7.04. The van der Waals surface area contributed by atoms with Crippen LogP contribution in [0.1, 0.15) is 134 Å². The number of hydrogen-bond acceptors (Lipinski definition) is 2. The molecule has 4 nitrogen and oxygen atoms in total. The molecule has 10 rings (SSSR count). The molecule has 0 spiro atoms. The van der Waals surface area contributed by atoms with Crippen LogP contribution < -0.4 is 0 Å². The molecule has 0 amide bonds. The Morgan fingerprint density at radius 2 is 0.897 bits per heavy atom. The van der Waals surface area contributed by atoms with Gasteiger partial charge in [0.25, 0.3) is 0 Å². The van der Waals surface area contributed by atoms with Crippen molar-refractivity contribution in [1.29, 1.82) is 0 Å². The van der Waals surface area contributed by atoms with Gasteiger partial charge in [-0.05, 0) is 143 Å². The Bertz CT molecular complexity index is 3470. The second-order valence-electron chi connectivity index (χ2n) is 23.1. The standard InChI is InChI=1S/C64H64N4/c1-61(2,3)44-30-42(31-45(35-44)62(4,5)6)59-54-26-22-48(65-54)37-49-23-27-56(66-49)60(43-32-46(63(7,8)9)36-47(33-43)64(10,11)12)58-34-41(57(68-58)38-50-24-28-55(59)67-50)21-25-53-51-19-15-13-17-39(51)29-40-18-14-16-20-52(40)53/h13-38,65-66H,1-12H3/b25-21+,48-37?,49-37?,50-38?,57-38?,59-54?,59-55?,60-56?,60-58?. The zero-order valence-electron chi connectivity index (χ0n) is 41.9. The Balaban J connectivity index is 1.29. The second-order valence-corrected chi connectivity index (χ2v) is 23.1. The first-order valence-corrected chi connectivity index (χ1v) is 24.2. The van der Waals surface area contributed by atoms with E-state index < -0.39 is 0 Å². The molecule has 4 heteroatoms. The van der Waals surface area contributed by atoms with Crippen LogP contribution in [0.4, 0.5) is 0 Å². The van der Waals surface area contributed by atoms with Crippen molar-refractivity contribution in [2.24, 2.45) is 0 Å². The van der Waals surface area contributed by atoms with Crippen LogP contribution in [-0.2, 0) is 21.7 Å². The molecule has 0 fully saturated rings. The van der Waals surface area contributed by atoms with Crippen molar-refractivity contribution in [3.8, 4) is 22.3 Å². The normalized spacial score (nSPS) is 13.6. The number of nitrogens with zero attached hydrogens (tertiary/aromatic N) is 2. The number of H-pyrrole nitrogens is 2. The van der Waals surface area contributed by atoms with Gasteiger partial charge in [0.05, 0.1) is 22.8 Å². The molecular weight excluding hydrogens is 825 g/mol. The van der Waals surface area contributed by atoms with E-state index >= 15 is 0 Å². The highest BCUT2D eigenvalue weighted by Gasteiger charge is 2.25. The largest absolute Gasteiger partial charge is 0.355 e. The molecule has 5 aromatic carbocycles. The first-order chi connectivity index (χ1) is 32.2. The number of aromatic nitrogens is 4. The summed E-state index contributed by atoms with van der Waals surface area (Å²) >= 11 is 0. The SMILES string of the molecule is CC(C)(C)c1cc(-c2c3nc(cc4nc(c(-c5cc(C(C)(C)C)cc(C(C)(C)C)c5)c5ccc(cc6ccc2[nH]6)[nH]5)C=C4/C=C/c2c4ccccc4cc4ccccc24)C=C3)cc(C(C)(C)C)c1. The molecule has 340 valence electrons. The molecule has 0 saturated carbocycles. The average Bonchev–Trinajstić information content (AvgIpc) is 4.11. The van der Waals surface area contributed by atoms with Gasteiger partial charge in [0, 0.05) is 38.8 Å². The molecule has 0 aliphatic carbocycles. The minimum atomic E-state index is -0.0677. The zero-order chi connectivity index (χ0) is 47.9. The molecule has 2 aliphatic heterocycles. The van der Waals surface area contributed by atoms with Crippen molar-refractivity contribution in [2.75, 3.05) is 0 Å². The fraction of sp³-hybridized carbons (Fsp3) is 0.250. The maximum Gasteiger partial charge on any atom is 0.0743 e. The van der Waals surface area contributed by atoms with Crippen LogP contribution in [0.25, 0.3) is 95.7 Å². The first-order valence-electron chi connectivity index (χ1n) is 24.2. The number of nitrogens with one attached hydrogen (secondary N) is 2. The monoisotopic (exact) mass is 889 g/mol. The van der Waals surface area contributed by atoms with Crippen LogP contribution >= 0.6 is 0 Å². The smallest absolute Gasteiger partial charge is 0.0743 e. The quantitative estimate of drug-likeness (QED) is 0.173. The van der Waals surface area contributed by atoms with E-state index in [0.29, 0.717) is 0 Å². The van der Waals surface area contributed by atoms with Crippen molar-refractivity contribution < 1.29 is 0 Å². The molecule has 0 unspecified atom stereocenters. The number of allylic oxidation sites excluding steroid dienone is 2. The molecule has 5 heterocycles. The van der Waals surface area contributed by atoms with Gasteiger partial charge < -0.3 is 9.97 Å². The summed E-state index contributed by atoms with van der Waals surface area (Å²) in [6.45, 7) is 27.6.